The van der Waals surface area contributed by atoms with E-state index in [9.17, 15) is 9.59 Å². The van der Waals surface area contributed by atoms with Crippen LogP contribution in [-0.2, 0) is 9.59 Å². The molecule has 5 nitrogen and oxygen atoms in total. The van der Waals surface area contributed by atoms with Gasteiger partial charge in [-0.15, -0.1) is 0 Å². The lowest BCUT2D eigenvalue weighted by Crippen LogP contribution is -2.49. The Morgan fingerprint density at radius 1 is 1.27 bits per heavy atom. The van der Waals surface area contributed by atoms with Gasteiger partial charge in [0, 0.05) is 25.6 Å². The summed E-state index contributed by atoms with van der Waals surface area (Å²) in [5, 5.41) is 3.13. The number of likely N-dealkylation sites (N-methyl/N-ethyl adjacent to an activating group) is 1. The van der Waals surface area contributed by atoms with E-state index in [2.05, 4.69) is 24.2 Å². The molecule has 2 amide bonds. The second-order valence-electron chi connectivity index (χ2n) is 7.38. The fourth-order valence-corrected chi connectivity index (χ4v) is 3.56. The molecule has 1 aromatic rings. The smallest absolute Gasteiger partial charge is 0.247 e. The van der Waals surface area contributed by atoms with Gasteiger partial charge in [0.15, 0.2) is 0 Å². The monoisotopic (exact) mass is 359 g/mol. The molecular formula is C21H33N3O2. The minimum Gasteiger partial charge on any atom is -0.350 e. The SMILES string of the molecule is CCCCN(C)CC(C)NC(=O)C(c1ccccc1)N1CCCCC1=O. The molecule has 2 unspecified atom stereocenters. The van der Waals surface area contributed by atoms with Gasteiger partial charge in [0.1, 0.15) is 6.04 Å². The molecule has 1 fully saturated rings. The third-order valence-electron chi connectivity index (χ3n) is 4.90. The van der Waals surface area contributed by atoms with Gasteiger partial charge < -0.3 is 15.1 Å². The van der Waals surface area contributed by atoms with Crippen molar-refractivity contribution in [2.45, 2.75) is 58.0 Å². The summed E-state index contributed by atoms with van der Waals surface area (Å²) in [6, 6.07) is 9.15. The van der Waals surface area contributed by atoms with Crippen molar-refractivity contribution in [2.75, 3.05) is 26.7 Å². The van der Waals surface area contributed by atoms with Crippen LogP contribution in [0.15, 0.2) is 30.3 Å². The van der Waals surface area contributed by atoms with E-state index < -0.39 is 6.04 Å². The maximum Gasteiger partial charge on any atom is 0.247 e. The van der Waals surface area contributed by atoms with Crippen molar-refractivity contribution in [1.82, 2.24) is 15.1 Å². The minimum atomic E-state index is -0.535. The van der Waals surface area contributed by atoms with Crippen molar-refractivity contribution in [3.8, 4) is 0 Å². The molecule has 1 aromatic carbocycles. The molecule has 144 valence electrons. The highest BCUT2D eigenvalue weighted by Crippen LogP contribution is 2.25. The van der Waals surface area contributed by atoms with Crippen LogP contribution in [0.3, 0.4) is 0 Å². The molecular weight excluding hydrogens is 326 g/mol. The molecule has 0 saturated carbocycles. The number of likely N-dealkylation sites (tertiary alicyclic amines) is 1. The number of carbonyl (C=O) groups excluding carboxylic acids is 2. The molecule has 1 aliphatic rings. The number of amides is 2. The van der Waals surface area contributed by atoms with Crippen LogP contribution in [0.5, 0.6) is 0 Å². The van der Waals surface area contributed by atoms with Gasteiger partial charge in [-0.05, 0) is 45.3 Å². The lowest BCUT2D eigenvalue weighted by molar-refractivity contribution is -0.143. The minimum absolute atomic E-state index is 0.0375. The normalized spacial score (nSPS) is 17.2. The topological polar surface area (TPSA) is 52.7 Å². The Balaban J connectivity index is 2.07. The van der Waals surface area contributed by atoms with Crippen LogP contribution in [0.1, 0.15) is 57.6 Å². The van der Waals surface area contributed by atoms with Crippen molar-refractivity contribution < 1.29 is 9.59 Å². The Labute approximate surface area is 157 Å². The number of benzene rings is 1. The Morgan fingerprint density at radius 3 is 2.65 bits per heavy atom. The summed E-state index contributed by atoms with van der Waals surface area (Å²) in [6.45, 7) is 6.70. The molecule has 2 atom stereocenters. The molecule has 0 aliphatic carbocycles. The molecule has 0 spiro atoms. The highest BCUT2D eigenvalue weighted by Gasteiger charge is 2.33. The number of nitrogens with one attached hydrogen (secondary N) is 1. The summed E-state index contributed by atoms with van der Waals surface area (Å²) < 4.78 is 0. The number of hydrogen-bond donors (Lipinski definition) is 1. The van der Waals surface area contributed by atoms with E-state index in [4.69, 9.17) is 0 Å². The fourth-order valence-electron chi connectivity index (χ4n) is 3.56. The lowest BCUT2D eigenvalue weighted by atomic mass is 10.00. The van der Waals surface area contributed by atoms with E-state index in [1.165, 1.54) is 0 Å². The van der Waals surface area contributed by atoms with Gasteiger partial charge >= 0.3 is 0 Å². The zero-order valence-corrected chi connectivity index (χ0v) is 16.4. The van der Waals surface area contributed by atoms with Gasteiger partial charge in [0.05, 0.1) is 0 Å². The Hall–Kier alpha value is -1.88. The Morgan fingerprint density at radius 2 is 2.00 bits per heavy atom. The van der Waals surface area contributed by atoms with Gasteiger partial charge in [-0.25, -0.2) is 0 Å². The summed E-state index contributed by atoms with van der Waals surface area (Å²) in [5.74, 6) is -0.00388. The van der Waals surface area contributed by atoms with E-state index in [-0.39, 0.29) is 17.9 Å². The van der Waals surface area contributed by atoms with Gasteiger partial charge in [-0.3, -0.25) is 9.59 Å². The molecule has 1 aliphatic heterocycles. The first-order valence-electron chi connectivity index (χ1n) is 9.86. The second kappa shape index (κ2) is 10.3. The third kappa shape index (κ3) is 5.84. The molecule has 0 aromatic heterocycles. The first-order chi connectivity index (χ1) is 12.5. The quantitative estimate of drug-likeness (QED) is 0.737. The van der Waals surface area contributed by atoms with Crippen molar-refractivity contribution in [3.05, 3.63) is 35.9 Å². The van der Waals surface area contributed by atoms with E-state index in [1.807, 2.05) is 37.3 Å². The Kier molecular flexibility index (Phi) is 8.10. The fraction of sp³-hybridized carbons (Fsp3) is 0.619. The number of carbonyl (C=O) groups is 2. The molecule has 1 saturated heterocycles. The number of rotatable bonds is 9. The van der Waals surface area contributed by atoms with Crippen molar-refractivity contribution in [2.24, 2.45) is 0 Å². The lowest BCUT2D eigenvalue weighted by Gasteiger charge is -2.35. The highest BCUT2D eigenvalue weighted by atomic mass is 16.2. The van der Waals surface area contributed by atoms with Crippen LogP contribution < -0.4 is 5.32 Å². The van der Waals surface area contributed by atoms with Gasteiger partial charge in [0.25, 0.3) is 0 Å². The van der Waals surface area contributed by atoms with Crippen LogP contribution in [-0.4, -0.2) is 54.3 Å². The van der Waals surface area contributed by atoms with Crippen LogP contribution in [0.2, 0.25) is 0 Å². The predicted octanol–water partition coefficient (Wildman–Crippen LogP) is 2.98. The van der Waals surface area contributed by atoms with Gasteiger partial charge in [-0.1, -0.05) is 43.7 Å². The van der Waals surface area contributed by atoms with E-state index in [0.29, 0.717) is 13.0 Å². The summed E-state index contributed by atoms with van der Waals surface area (Å²) >= 11 is 0. The average Bonchev–Trinajstić information content (AvgIpc) is 2.62. The predicted molar refractivity (Wildman–Crippen MR) is 105 cm³/mol. The summed E-state index contributed by atoms with van der Waals surface area (Å²) in [5.41, 5.74) is 0.881. The van der Waals surface area contributed by atoms with Crippen LogP contribution >= 0.6 is 0 Å². The van der Waals surface area contributed by atoms with Gasteiger partial charge in [0.2, 0.25) is 11.8 Å². The van der Waals surface area contributed by atoms with Crippen molar-refractivity contribution in [1.29, 1.82) is 0 Å². The maximum absolute atomic E-state index is 13.1. The molecule has 2 rings (SSSR count). The van der Waals surface area contributed by atoms with Crippen molar-refractivity contribution >= 4 is 11.8 Å². The van der Waals surface area contributed by atoms with Crippen LogP contribution in [0.25, 0.3) is 0 Å². The zero-order chi connectivity index (χ0) is 18.9. The zero-order valence-electron chi connectivity index (χ0n) is 16.4. The van der Waals surface area contributed by atoms with Gasteiger partial charge in [-0.2, -0.15) is 0 Å². The largest absolute Gasteiger partial charge is 0.350 e. The summed E-state index contributed by atoms with van der Waals surface area (Å²) in [4.78, 5) is 29.5. The molecule has 5 heteroatoms. The van der Waals surface area contributed by atoms with Crippen molar-refractivity contribution in [3.63, 3.8) is 0 Å². The van der Waals surface area contributed by atoms with E-state index in [0.717, 1.165) is 44.3 Å². The van der Waals surface area contributed by atoms with Crippen LogP contribution in [0.4, 0.5) is 0 Å². The average molecular weight is 360 g/mol. The first kappa shape index (κ1) is 20.4. The van der Waals surface area contributed by atoms with E-state index in [1.54, 1.807) is 4.90 Å². The molecule has 0 radical (unpaired) electrons. The molecule has 1 N–H and O–H groups in total. The first-order valence-corrected chi connectivity index (χ1v) is 9.86. The Bertz CT molecular complexity index is 576. The maximum atomic E-state index is 13.1. The van der Waals surface area contributed by atoms with Crippen LogP contribution in [0, 0.1) is 0 Å². The number of hydrogen-bond acceptors (Lipinski definition) is 3. The summed E-state index contributed by atoms with van der Waals surface area (Å²) in [6.07, 6.45) is 4.73. The molecule has 26 heavy (non-hydrogen) atoms. The number of nitrogens with zero attached hydrogens (tertiary/aromatic N) is 2. The molecule has 1 heterocycles. The number of unbranched alkanes of at least 4 members (excludes halogenated alkanes) is 1. The highest BCUT2D eigenvalue weighted by molar-refractivity contribution is 5.89. The standard InChI is InChI=1S/C21H33N3O2/c1-4-5-14-23(3)16-17(2)22-21(26)20(18-11-7-6-8-12-18)24-15-10-9-13-19(24)25/h6-8,11-12,17,20H,4-5,9-10,13-16H2,1-3H3,(H,22,26). The van der Waals surface area contributed by atoms with E-state index >= 15 is 0 Å². The second-order valence-corrected chi connectivity index (χ2v) is 7.38. The summed E-state index contributed by atoms with van der Waals surface area (Å²) in [7, 11) is 2.08. The number of piperidine rings is 1. The molecule has 0 bridgehead atoms. The third-order valence-corrected chi connectivity index (χ3v) is 4.90.